The lowest BCUT2D eigenvalue weighted by molar-refractivity contribution is 0.0915. The number of rotatable bonds is 4. The van der Waals surface area contributed by atoms with E-state index >= 15 is 0 Å². The largest absolute Gasteiger partial charge is 0.454 e. The molecule has 1 aromatic carbocycles. The van der Waals surface area contributed by atoms with Gasteiger partial charge in [-0.1, -0.05) is 0 Å². The molecular weight excluding hydrogens is 332 g/mol. The first-order valence-corrected chi connectivity index (χ1v) is 8.28. The molecule has 2 aliphatic heterocycles. The van der Waals surface area contributed by atoms with E-state index in [0.717, 1.165) is 5.00 Å². The number of hydrogen-bond donors (Lipinski definition) is 1. The molecular formula is C16H14N2O5S. The molecule has 3 heterocycles. The van der Waals surface area contributed by atoms with Gasteiger partial charge in [-0.3, -0.25) is 9.69 Å². The molecule has 0 radical (unpaired) electrons. The predicted molar refractivity (Wildman–Crippen MR) is 86.8 cm³/mol. The number of anilines is 1. The van der Waals surface area contributed by atoms with Gasteiger partial charge >= 0.3 is 6.09 Å². The van der Waals surface area contributed by atoms with Crippen molar-refractivity contribution in [2.45, 2.75) is 6.10 Å². The summed E-state index contributed by atoms with van der Waals surface area (Å²) >= 11 is 1.47. The topological polar surface area (TPSA) is 77.1 Å². The molecule has 2 amide bonds. The fraction of sp³-hybridized carbons (Fsp3) is 0.250. The van der Waals surface area contributed by atoms with E-state index in [1.54, 1.807) is 23.1 Å². The third kappa shape index (κ3) is 2.76. The Morgan fingerprint density at radius 3 is 3.00 bits per heavy atom. The summed E-state index contributed by atoms with van der Waals surface area (Å²) < 4.78 is 15.8. The van der Waals surface area contributed by atoms with E-state index in [9.17, 15) is 9.59 Å². The average Bonchev–Trinajstić information content (AvgIpc) is 3.32. The molecule has 1 atom stereocenters. The standard InChI is InChI=1S/C16H14N2O5S/c19-15(10-3-4-12-13(6-10)22-9-21-12)17-7-11-8-18(16(20)23-11)14-2-1-5-24-14/h1-6,11H,7-9H2,(H,17,19). The summed E-state index contributed by atoms with van der Waals surface area (Å²) in [5, 5.41) is 5.52. The van der Waals surface area contributed by atoms with Crippen molar-refractivity contribution in [1.29, 1.82) is 0 Å². The number of amides is 2. The molecule has 2 aromatic rings. The van der Waals surface area contributed by atoms with Gasteiger partial charge in [0.05, 0.1) is 13.1 Å². The molecule has 124 valence electrons. The summed E-state index contributed by atoms with van der Waals surface area (Å²) in [5.74, 6) is 0.931. The summed E-state index contributed by atoms with van der Waals surface area (Å²) in [7, 11) is 0. The first-order valence-electron chi connectivity index (χ1n) is 7.40. The molecule has 1 aromatic heterocycles. The van der Waals surface area contributed by atoms with E-state index in [2.05, 4.69) is 5.32 Å². The van der Waals surface area contributed by atoms with Gasteiger partial charge in [-0.25, -0.2) is 4.79 Å². The van der Waals surface area contributed by atoms with Gasteiger partial charge in [-0.05, 0) is 35.7 Å². The summed E-state index contributed by atoms with van der Waals surface area (Å²) in [4.78, 5) is 25.7. The van der Waals surface area contributed by atoms with Crippen LogP contribution in [0.4, 0.5) is 9.80 Å². The second kappa shape index (κ2) is 6.04. The van der Waals surface area contributed by atoms with Crippen LogP contribution in [0.3, 0.4) is 0 Å². The SMILES string of the molecule is O=C(NCC1CN(c2cccs2)C(=O)O1)c1ccc2c(c1)OCO2. The van der Waals surface area contributed by atoms with Crippen molar-refractivity contribution in [2.24, 2.45) is 0 Å². The number of ether oxygens (including phenoxy) is 3. The van der Waals surface area contributed by atoms with Crippen molar-refractivity contribution >= 4 is 28.3 Å². The van der Waals surface area contributed by atoms with Gasteiger partial charge in [0.15, 0.2) is 11.5 Å². The Labute approximate surface area is 141 Å². The second-order valence-electron chi connectivity index (χ2n) is 5.35. The Morgan fingerprint density at radius 2 is 2.17 bits per heavy atom. The highest BCUT2D eigenvalue weighted by Crippen LogP contribution is 2.32. The Balaban J connectivity index is 1.35. The number of fused-ring (bicyclic) bond motifs is 1. The normalized spacial score (nSPS) is 18.6. The van der Waals surface area contributed by atoms with Gasteiger partial charge in [-0.2, -0.15) is 0 Å². The van der Waals surface area contributed by atoms with E-state index in [1.807, 2.05) is 17.5 Å². The average molecular weight is 346 g/mol. The van der Waals surface area contributed by atoms with Crippen LogP contribution >= 0.6 is 11.3 Å². The zero-order valence-corrected chi connectivity index (χ0v) is 13.4. The van der Waals surface area contributed by atoms with Crippen LogP contribution in [0.1, 0.15) is 10.4 Å². The van der Waals surface area contributed by atoms with Gasteiger partial charge in [0.1, 0.15) is 11.1 Å². The lowest BCUT2D eigenvalue weighted by Crippen LogP contribution is -2.34. The minimum atomic E-state index is -0.389. The number of carbonyl (C=O) groups is 2. The quantitative estimate of drug-likeness (QED) is 0.919. The zero-order chi connectivity index (χ0) is 16.5. The molecule has 0 spiro atoms. The number of nitrogens with one attached hydrogen (secondary N) is 1. The smallest absolute Gasteiger partial charge is 0.415 e. The summed E-state index contributed by atoms with van der Waals surface area (Å²) in [6, 6.07) is 8.74. The molecule has 0 saturated carbocycles. The number of hydrogen-bond acceptors (Lipinski definition) is 6. The van der Waals surface area contributed by atoms with Crippen LogP contribution in [-0.2, 0) is 4.74 Å². The molecule has 1 N–H and O–H groups in total. The van der Waals surface area contributed by atoms with Crippen molar-refractivity contribution in [1.82, 2.24) is 5.32 Å². The van der Waals surface area contributed by atoms with Crippen molar-refractivity contribution < 1.29 is 23.8 Å². The first kappa shape index (κ1) is 14.8. The fourth-order valence-corrected chi connectivity index (χ4v) is 3.31. The molecule has 24 heavy (non-hydrogen) atoms. The Hall–Kier alpha value is -2.74. The van der Waals surface area contributed by atoms with Gasteiger partial charge in [0.25, 0.3) is 5.91 Å². The van der Waals surface area contributed by atoms with Gasteiger partial charge in [0.2, 0.25) is 6.79 Å². The molecule has 2 aliphatic rings. The van der Waals surface area contributed by atoms with Crippen molar-refractivity contribution in [3.8, 4) is 11.5 Å². The number of carbonyl (C=O) groups excluding carboxylic acids is 2. The van der Waals surface area contributed by atoms with Crippen LogP contribution in [0.5, 0.6) is 11.5 Å². The molecule has 1 saturated heterocycles. The van der Waals surface area contributed by atoms with E-state index in [1.165, 1.54) is 11.3 Å². The highest BCUT2D eigenvalue weighted by Gasteiger charge is 2.33. The maximum atomic E-state index is 12.2. The molecule has 8 heteroatoms. The predicted octanol–water partition coefficient (Wildman–Crippen LogP) is 2.23. The maximum Gasteiger partial charge on any atom is 0.415 e. The van der Waals surface area contributed by atoms with Crippen LogP contribution in [0, 0.1) is 0 Å². The second-order valence-corrected chi connectivity index (χ2v) is 6.27. The van der Waals surface area contributed by atoms with Crippen molar-refractivity contribution in [2.75, 3.05) is 24.8 Å². The van der Waals surface area contributed by atoms with E-state index in [0.29, 0.717) is 23.6 Å². The van der Waals surface area contributed by atoms with Crippen LogP contribution in [0.2, 0.25) is 0 Å². The summed E-state index contributed by atoms with van der Waals surface area (Å²) in [5.41, 5.74) is 0.471. The van der Waals surface area contributed by atoms with E-state index in [-0.39, 0.29) is 31.4 Å². The Bertz CT molecular complexity index is 777. The number of thiophene rings is 1. The van der Waals surface area contributed by atoms with Crippen LogP contribution in [0.25, 0.3) is 0 Å². The van der Waals surface area contributed by atoms with Gasteiger partial charge in [-0.15, -0.1) is 11.3 Å². The van der Waals surface area contributed by atoms with Crippen LogP contribution in [0.15, 0.2) is 35.7 Å². The highest BCUT2D eigenvalue weighted by molar-refractivity contribution is 7.14. The zero-order valence-electron chi connectivity index (χ0n) is 12.6. The minimum Gasteiger partial charge on any atom is -0.454 e. The molecule has 0 aliphatic carbocycles. The molecule has 1 fully saturated rings. The van der Waals surface area contributed by atoms with Gasteiger partial charge < -0.3 is 19.5 Å². The third-order valence-corrected chi connectivity index (χ3v) is 4.66. The number of nitrogens with zero attached hydrogens (tertiary/aromatic N) is 1. The lowest BCUT2D eigenvalue weighted by atomic mass is 10.2. The Morgan fingerprint density at radius 1 is 1.29 bits per heavy atom. The fourth-order valence-electron chi connectivity index (χ4n) is 2.58. The molecule has 7 nitrogen and oxygen atoms in total. The first-order chi connectivity index (χ1) is 11.7. The highest BCUT2D eigenvalue weighted by atomic mass is 32.1. The lowest BCUT2D eigenvalue weighted by Gasteiger charge is -2.11. The maximum absolute atomic E-state index is 12.2. The van der Waals surface area contributed by atoms with E-state index in [4.69, 9.17) is 14.2 Å². The van der Waals surface area contributed by atoms with E-state index < -0.39 is 0 Å². The van der Waals surface area contributed by atoms with Crippen molar-refractivity contribution in [3.05, 3.63) is 41.3 Å². The minimum absolute atomic E-state index is 0.164. The summed E-state index contributed by atoms with van der Waals surface area (Å²) in [6.07, 6.45) is -0.766. The van der Waals surface area contributed by atoms with Crippen LogP contribution in [-0.4, -0.2) is 38.0 Å². The van der Waals surface area contributed by atoms with Crippen molar-refractivity contribution in [3.63, 3.8) is 0 Å². The third-order valence-electron chi connectivity index (χ3n) is 3.77. The number of benzene rings is 1. The molecule has 1 unspecified atom stereocenters. The number of cyclic esters (lactones) is 1. The monoisotopic (exact) mass is 346 g/mol. The molecule has 4 rings (SSSR count). The molecule has 0 bridgehead atoms. The summed E-state index contributed by atoms with van der Waals surface area (Å²) in [6.45, 7) is 0.832. The van der Waals surface area contributed by atoms with Crippen LogP contribution < -0.4 is 19.7 Å². The Kier molecular flexibility index (Phi) is 3.73. The van der Waals surface area contributed by atoms with Gasteiger partial charge in [0, 0.05) is 5.56 Å².